The monoisotopic (exact) mass is 584 g/mol. The molecular weight excluding hydrogens is 544 g/mol. The van der Waals surface area contributed by atoms with Gasteiger partial charge in [0.1, 0.15) is 28.9 Å². The number of esters is 1. The second kappa shape index (κ2) is 15.5. The van der Waals surface area contributed by atoms with Crippen LogP contribution in [0.2, 0.25) is 0 Å². The molecule has 0 aromatic heterocycles. The number of allylic oxidation sites excluding steroid dienone is 1. The van der Waals surface area contributed by atoms with Gasteiger partial charge in [0.05, 0.1) is 31.8 Å². The number of rotatable bonds is 15. The number of fused-ring (bicyclic) bond motifs is 1. The second-order valence-corrected chi connectivity index (χ2v) is 10.4. The van der Waals surface area contributed by atoms with E-state index in [1.54, 1.807) is 49.6 Å². The Labute approximate surface area is 254 Å². The second-order valence-electron chi connectivity index (χ2n) is 10.4. The Morgan fingerprint density at radius 1 is 0.860 bits per heavy atom. The smallest absolute Gasteiger partial charge is 0.343 e. The average Bonchev–Trinajstić information content (AvgIpc) is 3.02. The molecule has 0 spiro atoms. The van der Waals surface area contributed by atoms with Crippen LogP contribution in [0.1, 0.15) is 86.2 Å². The number of carbonyl (C=O) groups is 1. The fourth-order valence-electron chi connectivity index (χ4n) is 4.90. The molecule has 0 amide bonds. The van der Waals surface area contributed by atoms with Crippen LogP contribution in [0.3, 0.4) is 0 Å². The predicted octanol–water partition coefficient (Wildman–Crippen LogP) is 7.66. The Morgan fingerprint density at radius 2 is 1.58 bits per heavy atom. The highest BCUT2D eigenvalue weighted by atomic mass is 16.5. The van der Waals surface area contributed by atoms with Crippen molar-refractivity contribution in [3.63, 3.8) is 0 Å². The van der Waals surface area contributed by atoms with Gasteiger partial charge in [-0.25, -0.2) is 4.79 Å². The molecule has 0 aliphatic carbocycles. The highest BCUT2D eigenvalue weighted by Gasteiger charge is 2.32. The number of unbranched alkanes of at least 4 members (excludes halogenated alkanes) is 5. The zero-order valence-corrected chi connectivity index (χ0v) is 25.2. The summed E-state index contributed by atoms with van der Waals surface area (Å²) in [7, 11) is 1.59. The van der Waals surface area contributed by atoms with Gasteiger partial charge in [0.25, 0.3) is 0 Å². The van der Waals surface area contributed by atoms with Crippen LogP contribution in [-0.4, -0.2) is 26.3 Å². The summed E-state index contributed by atoms with van der Waals surface area (Å²) in [5.74, 6) is 1.59. The van der Waals surface area contributed by atoms with Gasteiger partial charge >= 0.3 is 5.97 Å². The van der Waals surface area contributed by atoms with Gasteiger partial charge in [0.2, 0.25) is 5.88 Å². The molecule has 8 nitrogen and oxygen atoms in total. The first-order chi connectivity index (χ1) is 21.0. The number of nitrogens with two attached hydrogens (primary N) is 1. The minimum atomic E-state index is -0.515. The predicted molar refractivity (Wildman–Crippen MR) is 165 cm³/mol. The fourth-order valence-corrected chi connectivity index (χ4v) is 4.90. The van der Waals surface area contributed by atoms with Crippen molar-refractivity contribution >= 4 is 5.97 Å². The lowest BCUT2D eigenvalue weighted by molar-refractivity contribution is 0.0734. The van der Waals surface area contributed by atoms with Crippen molar-refractivity contribution in [3.8, 4) is 34.8 Å². The number of nitriles is 1. The van der Waals surface area contributed by atoms with E-state index in [-0.39, 0.29) is 11.5 Å². The zero-order valence-electron chi connectivity index (χ0n) is 25.2. The van der Waals surface area contributed by atoms with Crippen molar-refractivity contribution in [1.29, 1.82) is 5.26 Å². The summed E-state index contributed by atoms with van der Waals surface area (Å²) in [4.78, 5) is 12.8. The van der Waals surface area contributed by atoms with E-state index < -0.39 is 11.9 Å². The first-order valence-electron chi connectivity index (χ1n) is 15.0. The normalized spacial score (nSPS) is 13.9. The van der Waals surface area contributed by atoms with Gasteiger partial charge in [-0.1, -0.05) is 58.1 Å². The van der Waals surface area contributed by atoms with Crippen LogP contribution in [0.25, 0.3) is 0 Å². The number of carbonyl (C=O) groups excluding carboxylic acids is 1. The van der Waals surface area contributed by atoms with Crippen molar-refractivity contribution in [2.75, 3.05) is 20.3 Å². The van der Waals surface area contributed by atoms with E-state index in [9.17, 15) is 10.1 Å². The summed E-state index contributed by atoms with van der Waals surface area (Å²) >= 11 is 0. The molecule has 0 saturated carbocycles. The van der Waals surface area contributed by atoms with Crippen LogP contribution in [-0.2, 0) is 0 Å². The molecule has 2 N–H and O–H groups in total. The quantitative estimate of drug-likeness (QED) is 0.110. The summed E-state index contributed by atoms with van der Waals surface area (Å²) in [5.41, 5.74) is 8.39. The van der Waals surface area contributed by atoms with E-state index in [1.165, 1.54) is 19.3 Å². The van der Waals surface area contributed by atoms with E-state index in [4.69, 9.17) is 29.4 Å². The molecule has 0 radical (unpaired) electrons. The van der Waals surface area contributed by atoms with Crippen molar-refractivity contribution in [3.05, 3.63) is 88.8 Å². The molecule has 0 fully saturated rings. The molecule has 1 unspecified atom stereocenters. The number of ether oxygens (including phenoxy) is 5. The van der Waals surface area contributed by atoms with Crippen molar-refractivity contribution in [1.82, 2.24) is 0 Å². The van der Waals surface area contributed by atoms with Crippen LogP contribution >= 0.6 is 0 Å². The fraction of sp³-hybridized carbons (Fsp3) is 0.371. The van der Waals surface area contributed by atoms with Gasteiger partial charge in [0.15, 0.2) is 11.5 Å². The highest BCUT2D eigenvalue weighted by Crippen LogP contribution is 2.45. The molecule has 43 heavy (non-hydrogen) atoms. The third-order valence-corrected chi connectivity index (χ3v) is 7.28. The van der Waals surface area contributed by atoms with Gasteiger partial charge in [-0.15, -0.1) is 0 Å². The number of methoxy groups -OCH3 is 1. The lowest BCUT2D eigenvalue weighted by Crippen LogP contribution is -2.21. The Balaban J connectivity index is 1.51. The first-order valence-corrected chi connectivity index (χ1v) is 15.0. The summed E-state index contributed by atoms with van der Waals surface area (Å²) in [6.45, 7) is 5.53. The van der Waals surface area contributed by atoms with Gasteiger partial charge in [-0.05, 0) is 60.9 Å². The van der Waals surface area contributed by atoms with Gasteiger partial charge in [-0.3, -0.25) is 0 Å². The van der Waals surface area contributed by atoms with Crippen molar-refractivity contribution in [2.45, 2.75) is 64.7 Å². The number of hydrogen-bond donors (Lipinski definition) is 1. The topological polar surface area (TPSA) is 113 Å². The number of nitrogens with zero attached hydrogens (tertiary/aromatic N) is 1. The Morgan fingerprint density at radius 3 is 2.30 bits per heavy atom. The van der Waals surface area contributed by atoms with E-state index >= 15 is 0 Å². The van der Waals surface area contributed by atoms with E-state index in [1.807, 2.05) is 18.2 Å². The maximum absolute atomic E-state index is 12.8. The van der Waals surface area contributed by atoms with E-state index in [2.05, 4.69) is 19.9 Å². The molecule has 4 rings (SSSR count). The lowest BCUT2D eigenvalue weighted by Gasteiger charge is -2.27. The van der Waals surface area contributed by atoms with Crippen LogP contribution in [0.15, 0.2) is 72.1 Å². The Hall–Kier alpha value is -4.64. The average molecular weight is 585 g/mol. The third kappa shape index (κ3) is 8.01. The van der Waals surface area contributed by atoms with Gasteiger partial charge in [0, 0.05) is 11.6 Å². The van der Waals surface area contributed by atoms with Crippen LogP contribution in [0.5, 0.6) is 28.7 Å². The molecule has 1 atom stereocenters. The van der Waals surface area contributed by atoms with Crippen LogP contribution in [0.4, 0.5) is 0 Å². The molecule has 3 aromatic carbocycles. The maximum Gasteiger partial charge on any atom is 0.343 e. The SMILES string of the molecule is CCCCCCCOc1ccc(C2C(C#N)=C(N)Oc3cc(OC(=O)c4ccc(OCCCC)cc4)ccc32)cc1OC. The molecule has 1 aliphatic heterocycles. The van der Waals surface area contributed by atoms with Crippen LogP contribution < -0.4 is 29.4 Å². The Bertz CT molecular complexity index is 1460. The Kier molecular flexibility index (Phi) is 11.3. The molecule has 3 aromatic rings. The van der Waals surface area contributed by atoms with Gasteiger partial charge < -0.3 is 29.4 Å². The molecule has 226 valence electrons. The number of hydrogen-bond acceptors (Lipinski definition) is 8. The molecular formula is C35H40N2O6. The van der Waals surface area contributed by atoms with E-state index in [0.717, 1.165) is 31.2 Å². The van der Waals surface area contributed by atoms with Crippen LogP contribution in [0, 0.1) is 11.3 Å². The minimum Gasteiger partial charge on any atom is -0.494 e. The van der Waals surface area contributed by atoms with Crippen molar-refractivity contribution < 1.29 is 28.5 Å². The minimum absolute atomic E-state index is 0.00601. The molecule has 1 aliphatic rings. The summed E-state index contributed by atoms with van der Waals surface area (Å²) in [6.07, 6.45) is 7.74. The zero-order chi connectivity index (χ0) is 30.6. The summed E-state index contributed by atoms with van der Waals surface area (Å²) in [5, 5.41) is 9.98. The molecule has 0 bridgehead atoms. The molecule has 0 saturated heterocycles. The third-order valence-electron chi connectivity index (χ3n) is 7.28. The van der Waals surface area contributed by atoms with Crippen molar-refractivity contribution in [2.24, 2.45) is 5.73 Å². The first kappa shape index (κ1) is 31.3. The number of benzene rings is 3. The van der Waals surface area contributed by atoms with Gasteiger partial charge in [-0.2, -0.15) is 5.26 Å². The highest BCUT2D eigenvalue weighted by molar-refractivity contribution is 5.91. The largest absolute Gasteiger partial charge is 0.494 e. The maximum atomic E-state index is 12.8. The summed E-state index contributed by atoms with van der Waals surface area (Å²) < 4.78 is 28.8. The summed E-state index contributed by atoms with van der Waals surface area (Å²) in [6, 6.07) is 19.7. The molecule has 8 heteroatoms. The lowest BCUT2D eigenvalue weighted by atomic mass is 9.83. The molecule has 1 heterocycles. The standard InChI is InChI=1S/C35H40N2O6/c1-4-6-8-9-10-20-41-30-18-13-25(21-32(30)39-3)33-28-17-16-27(22-31(28)43-34(37)29(33)23-36)42-35(38)24-11-14-26(15-12-24)40-19-7-5-2/h11-18,21-22,33H,4-10,19-20,37H2,1-3H3. The van der Waals surface area contributed by atoms with E-state index in [0.29, 0.717) is 53.1 Å².